The lowest BCUT2D eigenvalue weighted by Gasteiger charge is -1.99. The summed E-state index contributed by atoms with van der Waals surface area (Å²) in [4.78, 5) is 0. The van der Waals surface area contributed by atoms with Crippen molar-refractivity contribution in [3.63, 3.8) is 0 Å². The maximum Gasteiger partial charge on any atom is 0.186 e. The van der Waals surface area contributed by atoms with Crippen molar-refractivity contribution in [1.82, 2.24) is 20.2 Å². The third kappa shape index (κ3) is 2.10. The van der Waals surface area contributed by atoms with Crippen LogP contribution in [0.15, 0.2) is 35.9 Å². The molecule has 0 saturated heterocycles. The van der Waals surface area contributed by atoms with E-state index >= 15 is 0 Å². The lowest BCUT2D eigenvalue weighted by molar-refractivity contribution is 0.816. The van der Waals surface area contributed by atoms with Crippen LogP contribution in [0.5, 0.6) is 0 Å². The van der Waals surface area contributed by atoms with E-state index in [2.05, 4.69) is 15.5 Å². The van der Waals surface area contributed by atoms with Crippen LogP contribution in [0.1, 0.15) is 13.8 Å². The number of hydrogen-bond acceptors (Lipinski definition) is 3. The van der Waals surface area contributed by atoms with Crippen molar-refractivity contribution in [1.29, 1.82) is 0 Å². The fourth-order valence-corrected chi connectivity index (χ4v) is 1.30. The molecule has 0 saturated carbocycles. The standard InChI is InChI=1S/C11H12N4/c1-9(2)8-15-11(12-13-14-15)10-6-4-3-5-7-10/h3-8H,1-2H3. The Morgan fingerprint density at radius 3 is 2.60 bits per heavy atom. The van der Waals surface area contributed by atoms with Crippen LogP contribution < -0.4 is 0 Å². The minimum atomic E-state index is 0.761. The molecule has 1 aromatic heterocycles. The average Bonchev–Trinajstić information content (AvgIpc) is 2.66. The van der Waals surface area contributed by atoms with Crippen molar-refractivity contribution < 1.29 is 0 Å². The zero-order valence-electron chi connectivity index (χ0n) is 8.75. The van der Waals surface area contributed by atoms with Crippen molar-refractivity contribution in [2.75, 3.05) is 0 Å². The van der Waals surface area contributed by atoms with Gasteiger partial charge in [0.1, 0.15) is 0 Å². The molecular formula is C11H12N4. The molecule has 0 amide bonds. The summed E-state index contributed by atoms with van der Waals surface area (Å²) in [6, 6.07) is 9.88. The van der Waals surface area contributed by atoms with Gasteiger partial charge in [-0.05, 0) is 24.3 Å². The van der Waals surface area contributed by atoms with Gasteiger partial charge >= 0.3 is 0 Å². The molecule has 1 heterocycles. The van der Waals surface area contributed by atoms with Crippen LogP contribution in [0.4, 0.5) is 0 Å². The lowest BCUT2D eigenvalue weighted by atomic mass is 10.2. The van der Waals surface area contributed by atoms with Gasteiger partial charge in [-0.1, -0.05) is 35.9 Å². The molecule has 2 rings (SSSR count). The molecule has 0 N–H and O–H groups in total. The van der Waals surface area contributed by atoms with E-state index in [1.165, 1.54) is 0 Å². The third-order valence-corrected chi connectivity index (χ3v) is 1.91. The molecule has 0 atom stereocenters. The summed E-state index contributed by atoms with van der Waals surface area (Å²) in [6.07, 6.45) is 1.91. The van der Waals surface area contributed by atoms with E-state index in [0.29, 0.717) is 0 Å². The highest BCUT2D eigenvalue weighted by molar-refractivity contribution is 5.56. The Morgan fingerprint density at radius 1 is 1.20 bits per heavy atom. The van der Waals surface area contributed by atoms with Crippen LogP contribution in [0.3, 0.4) is 0 Å². The van der Waals surface area contributed by atoms with Gasteiger partial charge in [-0.15, -0.1) is 5.10 Å². The van der Waals surface area contributed by atoms with Gasteiger partial charge in [-0.25, -0.2) is 4.68 Å². The number of allylic oxidation sites excluding steroid dienone is 1. The SMILES string of the molecule is CC(C)=Cn1nnnc1-c1ccccc1. The number of tetrazole rings is 1. The van der Waals surface area contributed by atoms with E-state index in [1.54, 1.807) is 4.68 Å². The first kappa shape index (κ1) is 9.58. The summed E-state index contributed by atoms with van der Waals surface area (Å²) in [6.45, 7) is 4.02. The molecule has 0 aliphatic rings. The Labute approximate surface area is 88.2 Å². The molecule has 0 aliphatic carbocycles. The topological polar surface area (TPSA) is 43.6 Å². The fraction of sp³-hybridized carbons (Fsp3) is 0.182. The molecular weight excluding hydrogens is 188 g/mol. The maximum absolute atomic E-state index is 4.00. The minimum absolute atomic E-state index is 0.761. The number of hydrogen-bond donors (Lipinski definition) is 0. The second-order valence-electron chi connectivity index (χ2n) is 3.52. The summed E-state index contributed by atoms with van der Waals surface area (Å²) in [5.74, 6) is 0.761. The van der Waals surface area contributed by atoms with Gasteiger partial charge in [0.15, 0.2) is 5.82 Å². The van der Waals surface area contributed by atoms with E-state index in [0.717, 1.165) is 17.0 Å². The first-order valence-corrected chi connectivity index (χ1v) is 4.75. The Morgan fingerprint density at radius 2 is 1.93 bits per heavy atom. The van der Waals surface area contributed by atoms with Crippen molar-refractivity contribution in [2.24, 2.45) is 0 Å². The summed E-state index contributed by atoms with van der Waals surface area (Å²) in [5, 5.41) is 11.6. The first-order valence-electron chi connectivity index (χ1n) is 4.75. The van der Waals surface area contributed by atoms with Gasteiger partial charge in [0.2, 0.25) is 0 Å². The van der Waals surface area contributed by atoms with E-state index in [1.807, 2.05) is 50.4 Å². The largest absolute Gasteiger partial charge is 0.200 e. The molecule has 15 heavy (non-hydrogen) atoms. The molecule has 1 aromatic carbocycles. The smallest absolute Gasteiger partial charge is 0.186 e. The van der Waals surface area contributed by atoms with Gasteiger partial charge in [0.05, 0.1) is 0 Å². The quantitative estimate of drug-likeness (QED) is 0.746. The van der Waals surface area contributed by atoms with Crippen molar-refractivity contribution in [3.8, 4) is 11.4 Å². The van der Waals surface area contributed by atoms with Crippen LogP contribution in [0, 0.1) is 0 Å². The maximum atomic E-state index is 4.00. The third-order valence-electron chi connectivity index (χ3n) is 1.91. The van der Waals surface area contributed by atoms with E-state index in [9.17, 15) is 0 Å². The number of benzene rings is 1. The van der Waals surface area contributed by atoms with Crippen LogP contribution >= 0.6 is 0 Å². The molecule has 4 heteroatoms. The molecule has 0 spiro atoms. The highest BCUT2D eigenvalue weighted by atomic mass is 15.5. The molecule has 2 aromatic rings. The van der Waals surface area contributed by atoms with Gasteiger partial charge in [-0.3, -0.25) is 0 Å². The summed E-state index contributed by atoms with van der Waals surface area (Å²) >= 11 is 0. The van der Waals surface area contributed by atoms with E-state index in [4.69, 9.17) is 0 Å². The molecule has 76 valence electrons. The van der Waals surface area contributed by atoms with Gasteiger partial charge in [0, 0.05) is 11.8 Å². The van der Waals surface area contributed by atoms with Crippen LogP contribution in [0.25, 0.3) is 17.6 Å². The van der Waals surface area contributed by atoms with Crippen molar-refractivity contribution in [3.05, 3.63) is 35.9 Å². The van der Waals surface area contributed by atoms with Crippen LogP contribution in [-0.4, -0.2) is 20.2 Å². The lowest BCUT2D eigenvalue weighted by Crippen LogP contribution is -1.94. The fourth-order valence-electron chi connectivity index (χ4n) is 1.30. The Bertz CT molecular complexity index is 466. The Kier molecular flexibility index (Phi) is 2.58. The highest BCUT2D eigenvalue weighted by Gasteiger charge is 2.05. The molecule has 0 radical (unpaired) electrons. The first-order chi connectivity index (χ1) is 7.27. The van der Waals surface area contributed by atoms with E-state index in [-0.39, 0.29) is 0 Å². The molecule has 0 unspecified atom stereocenters. The number of nitrogens with zero attached hydrogens (tertiary/aromatic N) is 4. The zero-order valence-corrected chi connectivity index (χ0v) is 8.75. The average molecular weight is 200 g/mol. The molecule has 0 bridgehead atoms. The molecule has 0 aliphatic heterocycles. The van der Waals surface area contributed by atoms with Crippen molar-refractivity contribution >= 4 is 6.20 Å². The predicted molar refractivity (Wildman–Crippen MR) is 58.9 cm³/mol. The molecule has 0 fully saturated rings. The van der Waals surface area contributed by atoms with Crippen LogP contribution in [0.2, 0.25) is 0 Å². The van der Waals surface area contributed by atoms with Gasteiger partial charge in [0.25, 0.3) is 0 Å². The van der Waals surface area contributed by atoms with E-state index < -0.39 is 0 Å². The molecule has 4 nitrogen and oxygen atoms in total. The number of aromatic nitrogens is 4. The van der Waals surface area contributed by atoms with Gasteiger partial charge < -0.3 is 0 Å². The minimum Gasteiger partial charge on any atom is -0.200 e. The zero-order chi connectivity index (χ0) is 10.7. The van der Waals surface area contributed by atoms with Crippen molar-refractivity contribution in [2.45, 2.75) is 13.8 Å². The second-order valence-corrected chi connectivity index (χ2v) is 3.52. The summed E-state index contributed by atoms with van der Waals surface area (Å²) in [5.41, 5.74) is 2.17. The Hall–Kier alpha value is -1.97. The second kappa shape index (κ2) is 4.04. The van der Waals surface area contributed by atoms with Gasteiger partial charge in [-0.2, -0.15) is 0 Å². The summed E-state index contributed by atoms with van der Waals surface area (Å²) < 4.78 is 1.69. The predicted octanol–water partition coefficient (Wildman–Crippen LogP) is 2.22. The van der Waals surface area contributed by atoms with Crippen LogP contribution in [-0.2, 0) is 0 Å². The number of rotatable bonds is 2. The monoisotopic (exact) mass is 200 g/mol. The summed E-state index contributed by atoms with van der Waals surface area (Å²) in [7, 11) is 0. The normalized spacial score (nSPS) is 10.0. The Balaban J connectivity index is 2.46. The highest BCUT2D eigenvalue weighted by Crippen LogP contribution is 2.15.